The zero-order chi connectivity index (χ0) is 22.2. The molecule has 2 aromatic heterocycles. The molecule has 8 heteroatoms. The van der Waals surface area contributed by atoms with Crippen molar-refractivity contribution in [3.05, 3.63) is 117 Å². The van der Waals surface area contributed by atoms with Gasteiger partial charge >= 0.3 is 5.63 Å². The van der Waals surface area contributed by atoms with Gasteiger partial charge in [0.05, 0.1) is 16.9 Å². The maximum absolute atomic E-state index is 13.0. The summed E-state index contributed by atoms with van der Waals surface area (Å²) in [5.74, 6) is -0.411. The Hall–Kier alpha value is -3.79. The summed E-state index contributed by atoms with van der Waals surface area (Å²) in [5.41, 5.74) is 8.14. The van der Waals surface area contributed by atoms with Crippen LogP contribution in [-0.2, 0) is 6.54 Å². The predicted molar refractivity (Wildman–Crippen MR) is 119 cm³/mol. The summed E-state index contributed by atoms with van der Waals surface area (Å²) in [5, 5.41) is 11.1. The van der Waals surface area contributed by atoms with Gasteiger partial charge in [0.2, 0.25) is 5.88 Å². The van der Waals surface area contributed by atoms with Crippen molar-refractivity contribution in [1.29, 1.82) is 5.26 Å². The van der Waals surface area contributed by atoms with Crippen molar-refractivity contribution in [2.75, 3.05) is 0 Å². The van der Waals surface area contributed by atoms with Crippen LogP contribution in [0.1, 0.15) is 22.6 Å². The molecule has 3 heterocycles. The maximum Gasteiger partial charge on any atom is 0.344 e. The van der Waals surface area contributed by atoms with Crippen LogP contribution < -0.4 is 33.1 Å². The average molecular weight is 478 g/mol. The Balaban J connectivity index is 0.00000259. The lowest BCUT2D eigenvalue weighted by molar-refractivity contribution is -0.688. The van der Waals surface area contributed by atoms with Crippen molar-refractivity contribution < 1.29 is 26.1 Å². The first-order valence-electron chi connectivity index (χ1n) is 9.92. The third kappa shape index (κ3) is 4.05. The van der Waals surface area contributed by atoms with Crippen LogP contribution in [0.3, 0.4) is 0 Å². The maximum atomic E-state index is 13.0. The van der Waals surface area contributed by atoms with E-state index in [0.717, 1.165) is 11.1 Å². The minimum Gasteiger partial charge on any atom is -1.00 e. The highest BCUT2D eigenvalue weighted by molar-refractivity contribution is 6.30. The Kier molecular flexibility index (Phi) is 6.10. The van der Waals surface area contributed by atoms with Gasteiger partial charge in [-0.15, -0.1) is 0 Å². The fourth-order valence-electron chi connectivity index (χ4n) is 4.06. The lowest BCUT2D eigenvalue weighted by Crippen LogP contribution is -3.00. The number of fused-ring (bicyclic) bond motifs is 3. The lowest BCUT2D eigenvalue weighted by atomic mass is 9.84. The van der Waals surface area contributed by atoms with Crippen molar-refractivity contribution in [2.45, 2.75) is 12.5 Å². The normalized spacial score (nSPS) is 14.7. The second-order valence-electron chi connectivity index (χ2n) is 7.49. The highest BCUT2D eigenvalue weighted by atomic mass is 35.5. The Morgan fingerprint density at radius 3 is 2.73 bits per heavy atom. The van der Waals surface area contributed by atoms with E-state index < -0.39 is 11.5 Å². The standard InChI is InChI=1S/C25H17ClN3O3.ClH/c26-17-7-3-5-15(11-17)13-29-10-4-6-16(14-29)21-19(12-27)24(28)32-23-18-8-1-2-9-20(18)31-25(30)22(21)23;/h1-11,14,21H,13,28H2;1H/q+1;/p-1. The van der Waals surface area contributed by atoms with Gasteiger partial charge < -0.3 is 27.3 Å². The highest BCUT2D eigenvalue weighted by Gasteiger charge is 2.36. The molecule has 1 atom stereocenters. The van der Waals surface area contributed by atoms with Crippen molar-refractivity contribution in [3.8, 4) is 11.8 Å². The number of nitrogens with zero attached hydrogens (tertiary/aromatic N) is 2. The van der Waals surface area contributed by atoms with Crippen molar-refractivity contribution in [3.63, 3.8) is 0 Å². The van der Waals surface area contributed by atoms with E-state index in [4.69, 9.17) is 26.5 Å². The van der Waals surface area contributed by atoms with Gasteiger partial charge in [0.1, 0.15) is 17.2 Å². The quantitative estimate of drug-likeness (QED) is 0.351. The number of rotatable bonds is 3. The van der Waals surface area contributed by atoms with Gasteiger partial charge in [-0.3, -0.25) is 0 Å². The number of pyridine rings is 1. The van der Waals surface area contributed by atoms with Crippen molar-refractivity contribution in [1.82, 2.24) is 0 Å². The van der Waals surface area contributed by atoms with E-state index in [0.29, 0.717) is 28.3 Å². The molecule has 4 aromatic rings. The van der Waals surface area contributed by atoms with E-state index in [9.17, 15) is 10.1 Å². The molecule has 0 aliphatic carbocycles. The Bertz CT molecular complexity index is 1510. The van der Waals surface area contributed by atoms with E-state index >= 15 is 0 Å². The van der Waals surface area contributed by atoms with Crippen molar-refractivity contribution >= 4 is 22.6 Å². The number of benzene rings is 2. The Morgan fingerprint density at radius 1 is 1.12 bits per heavy atom. The van der Waals surface area contributed by atoms with Gasteiger partial charge in [-0.1, -0.05) is 35.9 Å². The number of nitriles is 1. The van der Waals surface area contributed by atoms with E-state index in [1.54, 1.807) is 18.2 Å². The van der Waals surface area contributed by atoms with Gasteiger partial charge in [0.15, 0.2) is 24.7 Å². The van der Waals surface area contributed by atoms with E-state index in [1.807, 2.05) is 59.4 Å². The summed E-state index contributed by atoms with van der Waals surface area (Å²) in [7, 11) is 0. The molecule has 1 unspecified atom stereocenters. The number of halogens is 2. The molecule has 0 saturated carbocycles. The highest BCUT2D eigenvalue weighted by Crippen LogP contribution is 2.43. The number of ether oxygens (including phenoxy) is 1. The number of hydrogen-bond acceptors (Lipinski definition) is 5. The minimum atomic E-state index is -0.712. The number of allylic oxidation sites excluding steroid dienone is 1. The van der Waals surface area contributed by atoms with Gasteiger partial charge in [-0.25, -0.2) is 9.36 Å². The molecule has 33 heavy (non-hydrogen) atoms. The number of aromatic nitrogens is 1. The number of hydrogen-bond donors (Lipinski definition) is 1. The number of nitrogens with two attached hydrogens (primary N) is 1. The third-order valence-electron chi connectivity index (χ3n) is 5.44. The van der Waals surface area contributed by atoms with Crippen LogP contribution in [0.15, 0.2) is 93.7 Å². The Morgan fingerprint density at radius 2 is 1.94 bits per heavy atom. The zero-order valence-electron chi connectivity index (χ0n) is 17.2. The molecule has 2 N–H and O–H groups in total. The molecule has 0 amide bonds. The second-order valence-corrected chi connectivity index (χ2v) is 7.93. The molecular formula is C25H17Cl2N3O3. The molecule has 5 rings (SSSR count). The van der Waals surface area contributed by atoms with E-state index in [1.165, 1.54) is 0 Å². The zero-order valence-corrected chi connectivity index (χ0v) is 18.7. The summed E-state index contributed by atoms with van der Waals surface area (Å²) in [6, 6.07) is 20.5. The smallest absolute Gasteiger partial charge is 0.344 e. The molecule has 6 nitrogen and oxygen atoms in total. The monoisotopic (exact) mass is 477 g/mol. The van der Waals surface area contributed by atoms with Crippen LogP contribution in [-0.4, -0.2) is 0 Å². The SMILES string of the molecule is N#CC1=C(N)Oc2c(c(=O)oc3ccccc23)C1c1ccc[n+](Cc2cccc(Cl)c2)c1.[Cl-]. The van der Waals surface area contributed by atoms with Crippen LogP contribution in [0.4, 0.5) is 0 Å². The van der Waals surface area contributed by atoms with Gasteiger partial charge in [0.25, 0.3) is 0 Å². The molecule has 1 aliphatic heterocycles. The molecule has 0 saturated heterocycles. The molecule has 1 aliphatic rings. The first-order chi connectivity index (χ1) is 15.5. The van der Waals surface area contributed by atoms with Crippen LogP contribution in [0.25, 0.3) is 11.0 Å². The molecule has 0 fully saturated rings. The van der Waals surface area contributed by atoms with Gasteiger partial charge in [-0.2, -0.15) is 5.26 Å². The number of para-hydroxylation sites is 1. The minimum absolute atomic E-state index is 0. The molecule has 2 aromatic carbocycles. The van der Waals surface area contributed by atoms with Gasteiger partial charge in [-0.05, 0) is 30.3 Å². The van der Waals surface area contributed by atoms with Gasteiger partial charge in [0, 0.05) is 22.2 Å². The first-order valence-corrected chi connectivity index (χ1v) is 10.3. The molecule has 0 bridgehead atoms. The summed E-state index contributed by atoms with van der Waals surface area (Å²) < 4.78 is 13.3. The third-order valence-corrected chi connectivity index (χ3v) is 5.68. The largest absolute Gasteiger partial charge is 1.00 e. The lowest BCUT2D eigenvalue weighted by Gasteiger charge is -2.25. The summed E-state index contributed by atoms with van der Waals surface area (Å²) in [6.45, 7) is 0.567. The van der Waals surface area contributed by atoms with Crippen LogP contribution >= 0.6 is 11.6 Å². The van der Waals surface area contributed by atoms with Crippen LogP contribution in [0.5, 0.6) is 5.75 Å². The fraction of sp³-hybridized carbons (Fsp3) is 0.0800. The molecular weight excluding hydrogens is 461 g/mol. The Labute approximate surface area is 200 Å². The first kappa shape index (κ1) is 22.4. The predicted octanol–water partition coefficient (Wildman–Crippen LogP) is 1.00. The average Bonchev–Trinajstić information content (AvgIpc) is 2.78. The summed E-state index contributed by atoms with van der Waals surface area (Å²) >= 11 is 6.12. The topological polar surface area (TPSA) is 93.1 Å². The molecule has 0 spiro atoms. The van der Waals surface area contributed by atoms with E-state index in [2.05, 4.69) is 6.07 Å². The molecule has 0 radical (unpaired) electrons. The summed E-state index contributed by atoms with van der Waals surface area (Å²) in [4.78, 5) is 13.0. The van der Waals surface area contributed by atoms with E-state index in [-0.39, 0.29) is 29.4 Å². The second kappa shape index (κ2) is 8.99. The van der Waals surface area contributed by atoms with Crippen molar-refractivity contribution in [2.24, 2.45) is 5.73 Å². The molecule has 164 valence electrons. The fourth-order valence-corrected chi connectivity index (χ4v) is 4.27. The van der Waals surface area contributed by atoms with Crippen LogP contribution in [0.2, 0.25) is 5.02 Å². The summed E-state index contributed by atoms with van der Waals surface area (Å²) in [6.07, 6.45) is 3.80. The van der Waals surface area contributed by atoms with Crippen LogP contribution in [0, 0.1) is 11.3 Å².